The number of amides is 2. The molecule has 7 nitrogen and oxygen atoms in total. The van der Waals surface area contributed by atoms with Gasteiger partial charge in [-0.15, -0.1) is 0 Å². The number of carbonyl (C=O) groups is 2. The van der Waals surface area contributed by atoms with Gasteiger partial charge in [-0.3, -0.25) is 0 Å². The zero-order valence-corrected chi connectivity index (χ0v) is 11.8. The maximum absolute atomic E-state index is 11.9. The fourth-order valence-corrected chi connectivity index (χ4v) is 1.83. The van der Waals surface area contributed by atoms with Crippen molar-refractivity contribution < 1.29 is 23.8 Å². The molecule has 0 atom stereocenters. The van der Waals surface area contributed by atoms with Crippen LogP contribution in [0.4, 0.5) is 4.79 Å². The van der Waals surface area contributed by atoms with E-state index in [0.717, 1.165) is 0 Å². The number of rotatable bonds is 6. The smallest absolute Gasteiger partial charge is 0.342 e. The molecule has 1 aromatic carbocycles. The lowest BCUT2D eigenvalue weighted by molar-refractivity contribution is 0.0497. The molecule has 0 saturated carbocycles. The first kappa shape index (κ1) is 15.0. The summed E-state index contributed by atoms with van der Waals surface area (Å²) in [5.74, 6) is 0.501. The average molecular weight is 294 g/mol. The summed E-state index contributed by atoms with van der Waals surface area (Å²) in [6.07, 6.45) is 0.537. The average Bonchev–Trinajstić information content (AvgIpc) is 2.95. The van der Waals surface area contributed by atoms with Crippen molar-refractivity contribution in [3.63, 3.8) is 0 Å². The van der Waals surface area contributed by atoms with Crippen molar-refractivity contribution in [3.05, 3.63) is 23.8 Å². The SMILES string of the molecule is CCNC(=O)NCCCOC(=O)c1cccc2c1OCO2. The van der Waals surface area contributed by atoms with E-state index in [-0.39, 0.29) is 19.4 Å². The summed E-state index contributed by atoms with van der Waals surface area (Å²) in [5.41, 5.74) is 0.349. The van der Waals surface area contributed by atoms with Crippen LogP contribution in [0, 0.1) is 0 Å². The molecule has 2 N–H and O–H groups in total. The monoisotopic (exact) mass is 294 g/mol. The highest BCUT2D eigenvalue weighted by Crippen LogP contribution is 2.35. The van der Waals surface area contributed by atoms with Gasteiger partial charge in [0.2, 0.25) is 6.79 Å². The van der Waals surface area contributed by atoms with E-state index in [1.54, 1.807) is 18.2 Å². The van der Waals surface area contributed by atoms with Gasteiger partial charge in [0, 0.05) is 13.1 Å². The van der Waals surface area contributed by atoms with E-state index in [4.69, 9.17) is 14.2 Å². The fraction of sp³-hybridized carbons (Fsp3) is 0.429. The first-order valence-electron chi connectivity index (χ1n) is 6.79. The molecule has 1 aliphatic heterocycles. The quantitative estimate of drug-likeness (QED) is 0.610. The van der Waals surface area contributed by atoms with Crippen LogP contribution in [0.1, 0.15) is 23.7 Å². The number of carbonyl (C=O) groups excluding carboxylic acids is 2. The Morgan fingerprint density at radius 2 is 2.14 bits per heavy atom. The van der Waals surface area contributed by atoms with Gasteiger partial charge in [-0.05, 0) is 25.5 Å². The lowest BCUT2D eigenvalue weighted by atomic mass is 10.2. The third-order valence-electron chi connectivity index (χ3n) is 2.79. The van der Waals surface area contributed by atoms with Gasteiger partial charge in [0.25, 0.3) is 0 Å². The third kappa shape index (κ3) is 4.01. The molecule has 1 aromatic rings. The Morgan fingerprint density at radius 3 is 2.95 bits per heavy atom. The first-order valence-corrected chi connectivity index (χ1v) is 6.79. The van der Waals surface area contributed by atoms with Gasteiger partial charge in [-0.25, -0.2) is 9.59 Å². The minimum absolute atomic E-state index is 0.107. The van der Waals surface area contributed by atoms with Crippen LogP contribution in [0.15, 0.2) is 18.2 Å². The molecule has 2 amide bonds. The lowest BCUT2D eigenvalue weighted by Crippen LogP contribution is -2.36. The Bertz CT molecular complexity index is 518. The van der Waals surface area contributed by atoms with E-state index < -0.39 is 5.97 Å². The third-order valence-corrected chi connectivity index (χ3v) is 2.79. The van der Waals surface area contributed by atoms with Crippen LogP contribution < -0.4 is 20.1 Å². The van der Waals surface area contributed by atoms with Crippen molar-refractivity contribution in [1.29, 1.82) is 0 Å². The molecule has 21 heavy (non-hydrogen) atoms. The second-order valence-corrected chi connectivity index (χ2v) is 4.32. The van der Waals surface area contributed by atoms with Crippen LogP contribution in [-0.2, 0) is 4.74 Å². The summed E-state index contributed by atoms with van der Waals surface area (Å²) in [5, 5.41) is 5.26. The number of hydrogen-bond donors (Lipinski definition) is 2. The summed E-state index contributed by atoms with van der Waals surface area (Å²) in [6.45, 7) is 3.17. The van der Waals surface area contributed by atoms with E-state index in [0.29, 0.717) is 36.6 Å². The molecular formula is C14H18N2O5. The summed E-state index contributed by atoms with van der Waals surface area (Å²) in [7, 11) is 0. The van der Waals surface area contributed by atoms with Crippen molar-refractivity contribution in [2.45, 2.75) is 13.3 Å². The molecule has 0 spiro atoms. The molecule has 0 aliphatic carbocycles. The van der Waals surface area contributed by atoms with E-state index in [9.17, 15) is 9.59 Å². The number of fused-ring (bicyclic) bond motifs is 1. The maximum atomic E-state index is 11.9. The van der Waals surface area contributed by atoms with E-state index in [1.165, 1.54) is 0 Å². The van der Waals surface area contributed by atoms with Crippen LogP contribution in [0.2, 0.25) is 0 Å². The van der Waals surface area contributed by atoms with E-state index in [2.05, 4.69) is 10.6 Å². The lowest BCUT2D eigenvalue weighted by Gasteiger charge is -2.08. The summed E-state index contributed by atoms with van der Waals surface area (Å²) >= 11 is 0. The van der Waals surface area contributed by atoms with Gasteiger partial charge in [0.05, 0.1) is 6.61 Å². The molecule has 0 bridgehead atoms. The molecule has 0 saturated heterocycles. The van der Waals surface area contributed by atoms with Gasteiger partial charge in [0.15, 0.2) is 11.5 Å². The van der Waals surface area contributed by atoms with Crippen LogP contribution in [-0.4, -0.2) is 38.5 Å². The van der Waals surface area contributed by atoms with Crippen molar-refractivity contribution >= 4 is 12.0 Å². The van der Waals surface area contributed by atoms with Gasteiger partial charge >= 0.3 is 12.0 Å². The molecule has 2 rings (SSSR count). The topological polar surface area (TPSA) is 85.9 Å². The summed E-state index contributed by atoms with van der Waals surface area (Å²) in [4.78, 5) is 23.1. The van der Waals surface area contributed by atoms with Crippen molar-refractivity contribution in [3.8, 4) is 11.5 Å². The molecule has 1 heterocycles. The summed E-state index contributed by atoms with van der Waals surface area (Å²) in [6, 6.07) is 4.84. The van der Waals surface area contributed by atoms with Gasteiger partial charge in [0.1, 0.15) is 5.56 Å². The van der Waals surface area contributed by atoms with Crippen molar-refractivity contribution in [2.24, 2.45) is 0 Å². The number of hydrogen-bond acceptors (Lipinski definition) is 5. The molecule has 0 unspecified atom stereocenters. The Hall–Kier alpha value is -2.44. The predicted molar refractivity (Wildman–Crippen MR) is 74.5 cm³/mol. The zero-order valence-electron chi connectivity index (χ0n) is 11.8. The molecule has 0 aromatic heterocycles. The normalized spacial score (nSPS) is 11.9. The van der Waals surface area contributed by atoms with Crippen LogP contribution in [0.3, 0.4) is 0 Å². The highest BCUT2D eigenvalue weighted by atomic mass is 16.7. The Labute approximate surface area is 122 Å². The van der Waals surface area contributed by atoms with Gasteiger partial charge in [-0.2, -0.15) is 0 Å². The minimum Gasteiger partial charge on any atom is -0.462 e. The standard InChI is InChI=1S/C14H18N2O5/c1-2-15-14(18)16-7-4-8-19-13(17)10-5-3-6-11-12(10)21-9-20-11/h3,5-6H,2,4,7-9H2,1H3,(H2,15,16,18). The number of benzene rings is 1. The van der Waals surface area contributed by atoms with Crippen molar-refractivity contribution in [2.75, 3.05) is 26.5 Å². The molecule has 0 radical (unpaired) electrons. The van der Waals surface area contributed by atoms with Gasteiger partial charge < -0.3 is 24.8 Å². The largest absolute Gasteiger partial charge is 0.462 e. The molecule has 7 heteroatoms. The van der Waals surface area contributed by atoms with Crippen LogP contribution >= 0.6 is 0 Å². The predicted octanol–water partition coefficient (Wildman–Crippen LogP) is 1.28. The number of urea groups is 1. The van der Waals surface area contributed by atoms with Crippen molar-refractivity contribution in [1.82, 2.24) is 10.6 Å². The second kappa shape index (κ2) is 7.37. The number of ether oxygens (including phenoxy) is 3. The Morgan fingerprint density at radius 1 is 1.29 bits per heavy atom. The highest BCUT2D eigenvalue weighted by Gasteiger charge is 2.22. The minimum atomic E-state index is -0.463. The molecule has 1 aliphatic rings. The van der Waals surface area contributed by atoms with Crippen LogP contribution in [0.25, 0.3) is 0 Å². The first-order chi connectivity index (χ1) is 10.2. The Balaban J connectivity index is 1.73. The maximum Gasteiger partial charge on any atom is 0.342 e. The fourth-order valence-electron chi connectivity index (χ4n) is 1.83. The Kier molecular flexibility index (Phi) is 5.25. The number of para-hydroxylation sites is 1. The van der Waals surface area contributed by atoms with Gasteiger partial charge in [-0.1, -0.05) is 6.07 Å². The molecule has 114 valence electrons. The molecular weight excluding hydrogens is 276 g/mol. The van der Waals surface area contributed by atoms with E-state index in [1.807, 2.05) is 6.92 Å². The molecule has 0 fully saturated rings. The zero-order chi connectivity index (χ0) is 15.1. The van der Waals surface area contributed by atoms with E-state index >= 15 is 0 Å². The summed E-state index contributed by atoms with van der Waals surface area (Å²) < 4.78 is 15.6. The highest BCUT2D eigenvalue weighted by molar-refractivity contribution is 5.93. The van der Waals surface area contributed by atoms with Crippen LogP contribution in [0.5, 0.6) is 11.5 Å². The number of nitrogens with one attached hydrogen (secondary N) is 2. The second-order valence-electron chi connectivity index (χ2n) is 4.32. The number of esters is 1.